The van der Waals surface area contributed by atoms with Gasteiger partial charge >= 0.3 is 0 Å². The van der Waals surface area contributed by atoms with Crippen LogP contribution in [-0.2, 0) is 17.8 Å². The molecule has 0 spiro atoms. The Morgan fingerprint density at radius 1 is 1.07 bits per heavy atom. The van der Waals surface area contributed by atoms with E-state index in [0.29, 0.717) is 29.2 Å². The van der Waals surface area contributed by atoms with Gasteiger partial charge in [-0.05, 0) is 35.9 Å². The Bertz CT molecular complexity index is 1020. The number of hydrogen-bond acceptors (Lipinski definition) is 3. The number of carbonyl (C=O) groups is 1. The van der Waals surface area contributed by atoms with Crippen LogP contribution in [0.2, 0.25) is 0 Å². The maximum atomic E-state index is 13.5. The van der Waals surface area contributed by atoms with Crippen LogP contribution in [0.1, 0.15) is 11.3 Å². The molecule has 27 heavy (non-hydrogen) atoms. The Labute approximate surface area is 155 Å². The molecular weight excluding hydrogens is 350 g/mol. The standard InChI is InChI=1S/C21H16F2N2O2/c1-27-20-9-16(23)6-7-17(20)14-8-19-18(24-11-14)10-21(26)25(19)12-13-2-4-15(22)5-3-13/h2-9,11H,10,12H2,1H3. The lowest BCUT2D eigenvalue weighted by Gasteiger charge is -2.18. The number of amides is 1. The third-order valence-corrected chi connectivity index (χ3v) is 4.59. The molecule has 1 amide bonds. The quantitative estimate of drug-likeness (QED) is 0.697. The van der Waals surface area contributed by atoms with E-state index in [1.165, 1.54) is 31.4 Å². The highest BCUT2D eigenvalue weighted by Gasteiger charge is 2.29. The van der Waals surface area contributed by atoms with E-state index < -0.39 is 5.82 Å². The second kappa shape index (κ2) is 6.79. The Balaban J connectivity index is 1.71. The maximum absolute atomic E-state index is 13.5. The van der Waals surface area contributed by atoms with Crippen LogP contribution in [0.15, 0.2) is 54.7 Å². The molecule has 1 aromatic heterocycles. The summed E-state index contributed by atoms with van der Waals surface area (Å²) in [6, 6.07) is 12.2. The highest BCUT2D eigenvalue weighted by molar-refractivity contribution is 6.01. The number of methoxy groups -OCH3 is 1. The number of hydrogen-bond donors (Lipinski definition) is 0. The predicted molar refractivity (Wildman–Crippen MR) is 97.5 cm³/mol. The van der Waals surface area contributed by atoms with Gasteiger partial charge in [0.2, 0.25) is 5.91 Å². The summed E-state index contributed by atoms with van der Waals surface area (Å²) < 4.78 is 31.9. The summed E-state index contributed by atoms with van der Waals surface area (Å²) in [4.78, 5) is 18.5. The molecule has 136 valence electrons. The highest BCUT2D eigenvalue weighted by atomic mass is 19.1. The van der Waals surface area contributed by atoms with Gasteiger partial charge in [0.05, 0.1) is 31.5 Å². The van der Waals surface area contributed by atoms with Gasteiger partial charge in [-0.2, -0.15) is 0 Å². The van der Waals surface area contributed by atoms with Gasteiger partial charge in [-0.25, -0.2) is 8.78 Å². The van der Waals surface area contributed by atoms with Crippen LogP contribution in [0.5, 0.6) is 5.75 Å². The molecule has 2 heterocycles. The molecule has 0 atom stereocenters. The number of pyridine rings is 1. The zero-order chi connectivity index (χ0) is 19.0. The first kappa shape index (κ1) is 17.1. The van der Waals surface area contributed by atoms with Crippen molar-refractivity contribution in [2.45, 2.75) is 13.0 Å². The van der Waals surface area contributed by atoms with Crippen molar-refractivity contribution in [2.75, 3.05) is 12.0 Å². The first-order valence-corrected chi connectivity index (χ1v) is 8.43. The van der Waals surface area contributed by atoms with Crippen molar-refractivity contribution in [3.05, 3.63) is 77.6 Å². The van der Waals surface area contributed by atoms with Crippen LogP contribution in [0.4, 0.5) is 14.5 Å². The lowest BCUT2D eigenvalue weighted by Crippen LogP contribution is -2.26. The number of rotatable bonds is 4. The van der Waals surface area contributed by atoms with Crippen molar-refractivity contribution in [1.82, 2.24) is 4.98 Å². The van der Waals surface area contributed by atoms with Gasteiger partial charge in [-0.1, -0.05) is 12.1 Å². The van der Waals surface area contributed by atoms with Crippen molar-refractivity contribution in [3.8, 4) is 16.9 Å². The Hall–Kier alpha value is -3.28. The van der Waals surface area contributed by atoms with E-state index in [1.807, 2.05) is 6.07 Å². The fourth-order valence-electron chi connectivity index (χ4n) is 3.22. The summed E-state index contributed by atoms with van der Waals surface area (Å²) in [6.45, 7) is 0.331. The number of ether oxygens (including phenoxy) is 1. The molecule has 0 bridgehead atoms. The van der Waals surface area contributed by atoms with E-state index in [-0.39, 0.29) is 18.1 Å². The average molecular weight is 366 g/mol. The summed E-state index contributed by atoms with van der Waals surface area (Å²) >= 11 is 0. The molecule has 1 aliphatic heterocycles. The summed E-state index contributed by atoms with van der Waals surface area (Å²) in [6.07, 6.45) is 1.88. The van der Waals surface area contributed by atoms with Crippen molar-refractivity contribution < 1.29 is 18.3 Å². The van der Waals surface area contributed by atoms with Crippen LogP contribution >= 0.6 is 0 Å². The van der Waals surface area contributed by atoms with Crippen LogP contribution in [0.3, 0.4) is 0 Å². The second-order valence-electron chi connectivity index (χ2n) is 6.32. The van der Waals surface area contributed by atoms with Gasteiger partial charge in [0.1, 0.15) is 17.4 Å². The Kier molecular flexibility index (Phi) is 4.32. The lowest BCUT2D eigenvalue weighted by molar-refractivity contribution is -0.117. The fourth-order valence-corrected chi connectivity index (χ4v) is 3.22. The maximum Gasteiger partial charge on any atom is 0.233 e. The zero-order valence-electron chi connectivity index (χ0n) is 14.6. The Morgan fingerprint density at radius 2 is 1.81 bits per heavy atom. The number of nitrogens with zero attached hydrogens (tertiary/aromatic N) is 2. The molecule has 0 saturated heterocycles. The molecule has 1 aliphatic rings. The number of fused-ring (bicyclic) bond motifs is 1. The van der Waals surface area contributed by atoms with E-state index >= 15 is 0 Å². The molecule has 3 aromatic rings. The molecule has 0 N–H and O–H groups in total. The van der Waals surface area contributed by atoms with Gasteiger partial charge < -0.3 is 9.64 Å². The lowest BCUT2D eigenvalue weighted by atomic mass is 10.1. The molecule has 0 fully saturated rings. The topological polar surface area (TPSA) is 42.4 Å². The van der Waals surface area contributed by atoms with Crippen molar-refractivity contribution >= 4 is 11.6 Å². The molecule has 0 radical (unpaired) electrons. The molecule has 4 rings (SSSR count). The monoisotopic (exact) mass is 366 g/mol. The van der Waals surface area contributed by atoms with Crippen LogP contribution in [0.25, 0.3) is 11.1 Å². The van der Waals surface area contributed by atoms with Gasteiger partial charge in [-0.15, -0.1) is 0 Å². The smallest absolute Gasteiger partial charge is 0.233 e. The highest BCUT2D eigenvalue weighted by Crippen LogP contribution is 2.36. The number of carbonyl (C=O) groups excluding carboxylic acids is 1. The summed E-state index contributed by atoms with van der Waals surface area (Å²) in [7, 11) is 1.48. The molecule has 0 saturated carbocycles. The minimum Gasteiger partial charge on any atom is -0.496 e. The molecule has 6 heteroatoms. The van der Waals surface area contributed by atoms with E-state index in [2.05, 4.69) is 4.98 Å². The molecule has 4 nitrogen and oxygen atoms in total. The summed E-state index contributed by atoms with van der Waals surface area (Å²) in [5.74, 6) is -0.381. The number of aromatic nitrogens is 1. The van der Waals surface area contributed by atoms with Crippen molar-refractivity contribution in [2.24, 2.45) is 0 Å². The fraction of sp³-hybridized carbons (Fsp3) is 0.143. The largest absolute Gasteiger partial charge is 0.496 e. The summed E-state index contributed by atoms with van der Waals surface area (Å²) in [5, 5.41) is 0. The van der Waals surface area contributed by atoms with Crippen molar-refractivity contribution in [1.29, 1.82) is 0 Å². The van der Waals surface area contributed by atoms with Gasteiger partial charge in [0.25, 0.3) is 0 Å². The number of benzene rings is 2. The van der Waals surface area contributed by atoms with Crippen LogP contribution < -0.4 is 9.64 Å². The average Bonchev–Trinajstić information content (AvgIpc) is 2.98. The molecule has 0 aliphatic carbocycles. The third kappa shape index (κ3) is 3.26. The third-order valence-electron chi connectivity index (χ3n) is 4.59. The first-order valence-electron chi connectivity index (χ1n) is 8.43. The SMILES string of the molecule is COc1cc(F)ccc1-c1cnc2c(c1)N(Cc1ccc(F)cc1)C(=O)C2. The molecule has 0 unspecified atom stereocenters. The van der Waals surface area contributed by atoms with Crippen LogP contribution in [-0.4, -0.2) is 18.0 Å². The van der Waals surface area contributed by atoms with E-state index in [4.69, 9.17) is 4.74 Å². The zero-order valence-corrected chi connectivity index (χ0v) is 14.6. The minimum atomic E-state index is -0.391. The first-order chi connectivity index (χ1) is 13.0. The predicted octanol–water partition coefficient (Wildman–Crippen LogP) is 4.12. The summed E-state index contributed by atoms with van der Waals surface area (Å²) in [5.41, 5.74) is 3.63. The number of halogens is 2. The second-order valence-corrected chi connectivity index (χ2v) is 6.32. The van der Waals surface area contributed by atoms with Gasteiger partial charge in [-0.3, -0.25) is 9.78 Å². The number of anilines is 1. The van der Waals surface area contributed by atoms with Crippen LogP contribution in [0, 0.1) is 11.6 Å². The molecule has 2 aromatic carbocycles. The van der Waals surface area contributed by atoms with E-state index in [9.17, 15) is 13.6 Å². The Morgan fingerprint density at radius 3 is 2.56 bits per heavy atom. The van der Waals surface area contributed by atoms with Gasteiger partial charge in [0.15, 0.2) is 0 Å². The molecular formula is C21H16F2N2O2. The van der Waals surface area contributed by atoms with E-state index in [0.717, 1.165) is 11.1 Å². The minimum absolute atomic E-state index is 0.0648. The van der Waals surface area contributed by atoms with E-state index in [1.54, 1.807) is 29.3 Å². The van der Waals surface area contributed by atoms with Crippen molar-refractivity contribution in [3.63, 3.8) is 0 Å². The van der Waals surface area contributed by atoms with Gasteiger partial charge in [0, 0.05) is 23.4 Å². The normalized spacial score (nSPS) is 13.0.